The summed E-state index contributed by atoms with van der Waals surface area (Å²) in [7, 11) is 0. The molecule has 0 saturated carbocycles. The van der Waals surface area contributed by atoms with Crippen molar-refractivity contribution in [3.63, 3.8) is 0 Å². The van der Waals surface area contributed by atoms with E-state index in [1.54, 1.807) is 24.3 Å². The van der Waals surface area contributed by atoms with Crippen LogP contribution in [-0.2, 0) is 0 Å². The van der Waals surface area contributed by atoms with E-state index in [9.17, 15) is 14.9 Å². The van der Waals surface area contributed by atoms with Crippen molar-refractivity contribution < 1.29 is 14.5 Å². The van der Waals surface area contributed by atoms with Gasteiger partial charge in [0.05, 0.1) is 4.92 Å². The van der Waals surface area contributed by atoms with Gasteiger partial charge in [-0.25, -0.2) is 4.99 Å². The lowest BCUT2D eigenvalue weighted by Gasteiger charge is -2.05. The number of nitrogens with zero attached hydrogens (tertiary/aromatic N) is 2. The van der Waals surface area contributed by atoms with Crippen LogP contribution in [0.3, 0.4) is 0 Å². The molecule has 100 valence electrons. The average Bonchev–Trinajstić information content (AvgIpc) is 2.48. The van der Waals surface area contributed by atoms with Gasteiger partial charge in [0.1, 0.15) is 11.5 Å². The van der Waals surface area contributed by atoms with Crippen molar-refractivity contribution in [3.8, 4) is 11.5 Å². The number of carbonyl (C=O) groups excluding carboxylic acids is 1. The Balaban J connectivity index is 2.11. The second kappa shape index (κ2) is 5.75. The maximum Gasteiger partial charge on any atom is 0.276 e. The fraction of sp³-hybridized carbons (Fsp3) is 0. The second-order valence-electron chi connectivity index (χ2n) is 3.84. The van der Waals surface area contributed by atoms with Crippen LogP contribution < -0.4 is 4.74 Å². The fourth-order valence-corrected chi connectivity index (χ4v) is 1.53. The zero-order chi connectivity index (χ0) is 14.5. The molecule has 0 radical (unpaired) electrons. The molecular weight excluding hydrogens is 260 g/mol. The first-order valence-electron chi connectivity index (χ1n) is 5.63. The van der Waals surface area contributed by atoms with Gasteiger partial charge in [0.15, 0.2) is 0 Å². The zero-order valence-corrected chi connectivity index (χ0v) is 10.4. The predicted octanol–water partition coefficient (Wildman–Crippen LogP) is 3.23. The minimum absolute atomic E-state index is 0.00430. The lowest BCUT2D eigenvalue weighted by Crippen LogP contribution is -1.93. The number of aliphatic imine (C=N–C) groups is 1. The van der Waals surface area contributed by atoms with Crippen molar-refractivity contribution in [2.75, 3.05) is 0 Å². The molecule has 1 amide bonds. The molecule has 0 saturated heterocycles. The summed E-state index contributed by atoms with van der Waals surface area (Å²) in [5.41, 5.74) is 0.409. The quantitative estimate of drug-likeness (QED) is 0.485. The minimum Gasteiger partial charge on any atom is -0.457 e. The summed E-state index contributed by atoms with van der Waals surface area (Å²) < 4.78 is 5.50. The molecule has 2 rings (SSSR count). The molecule has 2 aromatic rings. The first-order valence-corrected chi connectivity index (χ1v) is 5.63. The summed E-state index contributed by atoms with van der Waals surface area (Å²) in [4.78, 5) is 24.6. The monoisotopic (exact) mass is 270 g/mol. The van der Waals surface area contributed by atoms with Crippen LogP contribution in [0.2, 0.25) is 0 Å². The maximum atomic E-state index is 11.3. The Morgan fingerprint density at radius 2 is 1.55 bits per heavy atom. The Morgan fingerprint density at radius 3 is 2.00 bits per heavy atom. The number of hydrogen-bond acceptors (Lipinski definition) is 4. The Hall–Kier alpha value is -3.02. The van der Waals surface area contributed by atoms with Crippen molar-refractivity contribution in [1.29, 1.82) is 0 Å². The SMILES string of the molecule is C=NC(=O)c1ccc(Oc2ccc([N+](=O)[O-])cc2)cc1. The van der Waals surface area contributed by atoms with E-state index in [1.807, 2.05) is 0 Å². The summed E-state index contributed by atoms with van der Waals surface area (Å²) in [6, 6.07) is 12.1. The van der Waals surface area contributed by atoms with Crippen LogP contribution in [0.4, 0.5) is 5.69 Å². The van der Waals surface area contributed by atoms with Crippen LogP contribution in [0.1, 0.15) is 10.4 Å². The van der Waals surface area contributed by atoms with Gasteiger partial charge in [-0.15, -0.1) is 0 Å². The zero-order valence-electron chi connectivity index (χ0n) is 10.4. The molecular formula is C14H10N2O4. The highest BCUT2D eigenvalue weighted by molar-refractivity contribution is 5.97. The molecule has 0 N–H and O–H groups in total. The highest BCUT2D eigenvalue weighted by Gasteiger charge is 2.06. The first kappa shape index (κ1) is 13.4. The van der Waals surface area contributed by atoms with Gasteiger partial charge in [0.25, 0.3) is 11.6 Å². The third-order valence-electron chi connectivity index (χ3n) is 2.53. The van der Waals surface area contributed by atoms with E-state index >= 15 is 0 Å². The topological polar surface area (TPSA) is 81.8 Å². The van der Waals surface area contributed by atoms with Crippen molar-refractivity contribution in [1.82, 2.24) is 0 Å². The van der Waals surface area contributed by atoms with E-state index in [0.29, 0.717) is 17.1 Å². The molecule has 0 bridgehead atoms. The van der Waals surface area contributed by atoms with Crippen LogP contribution in [0.5, 0.6) is 11.5 Å². The van der Waals surface area contributed by atoms with E-state index in [2.05, 4.69) is 11.7 Å². The number of nitro groups is 1. The van der Waals surface area contributed by atoms with Crippen LogP contribution >= 0.6 is 0 Å². The smallest absolute Gasteiger partial charge is 0.276 e. The number of hydrogen-bond donors (Lipinski definition) is 0. The largest absolute Gasteiger partial charge is 0.457 e. The van der Waals surface area contributed by atoms with Crippen molar-refractivity contribution >= 4 is 18.3 Å². The van der Waals surface area contributed by atoms with Gasteiger partial charge in [0.2, 0.25) is 0 Å². The Kier molecular flexibility index (Phi) is 3.85. The molecule has 0 spiro atoms. The fourth-order valence-electron chi connectivity index (χ4n) is 1.53. The third kappa shape index (κ3) is 3.05. The van der Waals surface area contributed by atoms with Crippen molar-refractivity contribution in [2.24, 2.45) is 4.99 Å². The van der Waals surface area contributed by atoms with Crippen LogP contribution in [0.25, 0.3) is 0 Å². The summed E-state index contributed by atoms with van der Waals surface area (Å²) >= 11 is 0. The standard InChI is InChI=1S/C14H10N2O4/c1-15-14(17)10-2-6-12(7-3-10)20-13-8-4-11(5-9-13)16(18)19/h2-9H,1H2. The lowest BCUT2D eigenvalue weighted by molar-refractivity contribution is -0.384. The van der Waals surface area contributed by atoms with Crippen LogP contribution in [0, 0.1) is 10.1 Å². The van der Waals surface area contributed by atoms with Crippen LogP contribution in [0.15, 0.2) is 53.5 Å². The van der Waals surface area contributed by atoms with Gasteiger partial charge in [-0.1, -0.05) is 0 Å². The molecule has 20 heavy (non-hydrogen) atoms. The Bertz CT molecular complexity index is 648. The van der Waals surface area contributed by atoms with Gasteiger partial charge >= 0.3 is 0 Å². The molecule has 0 aromatic heterocycles. The molecule has 0 fully saturated rings. The number of ether oxygens (including phenoxy) is 1. The molecule has 2 aromatic carbocycles. The summed E-state index contributed by atoms with van der Waals surface area (Å²) in [5.74, 6) is 0.572. The Labute approximate surface area is 114 Å². The number of amides is 1. The normalized spacial score (nSPS) is 9.80. The molecule has 0 aliphatic rings. The van der Waals surface area contributed by atoms with Gasteiger partial charge in [0, 0.05) is 17.7 Å². The van der Waals surface area contributed by atoms with Crippen LogP contribution in [-0.4, -0.2) is 17.5 Å². The van der Waals surface area contributed by atoms with Crippen molar-refractivity contribution in [3.05, 3.63) is 64.2 Å². The van der Waals surface area contributed by atoms with E-state index < -0.39 is 10.8 Å². The molecule has 6 heteroatoms. The molecule has 6 nitrogen and oxygen atoms in total. The molecule has 0 atom stereocenters. The predicted molar refractivity (Wildman–Crippen MR) is 73.5 cm³/mol. The summed E-state index contributed by atoms with van der Waals surface area (Å²) in [6.07, 6.45) is 0. The lowest BCUT2D eigenvalue weighted by atomic mass is 10.2. The van der Waals surface area contributed by atoms with Crippen molar-refractivity contribution in [2.45, 2.75) is 0 Å². The number of benzene rings is 2. The average molecular weight is 270 g/mol. The summed E-state index contributed by atoms with van der Waals surface area (Å²) in [5, 5.41) is 10.5. The van der Waals surface area contributed by atoms with Gasteiger partial charge in [-0.2, -0.15) is 0 Å². The maximum absolute atomic E-state index is 11.3. The highest BCUT2D eigenvalue weighted by Crippen LogP contribution is 2.24. The van der Waals surface area contributed by atoms with Gasteiger partial charge in [-0.3, -0.25) is 14.9 Å². The number of rotatable bonds is 4. The minimum atomic E-state index is -0.480. The highest BCUT2D eigenvalue weighted by atomic mass is 16.6. The Morgan fingerprint density at radius 1 is 1.05 bits per heavy atom. The second-order valence-corrected chi connectivity index (χ2v) is 3.84. The number of nitro benzene ring substituents is 1. The third-order valence-corrected chi connectivity index (χ3v) is 2.53. The molecule has 0 heterocycles. The van der Waals surface area contributed by atoms with E-state index in [1.165, 1.54) is 24.3 Å². The van der Waals surface area contributed by atoms with Gasteiger partial charge < -0.3 is 4.74 Å². The first-order chi connectivity index (χ1) is 9.60. The van der Waals surface area contributed by atoms with E-state index in [-0.39, 0.29) is 5.69 Å². The molecule has 0 unspecified atom stereocenters. The number of non-ortho nitro benzene ring substituents is 1. The number of carbonyl (C=O) groups is 1. The van der Waals surface area contributed by atoms with E-state index in [0.717, 1.165) is 0 Å². The van der Waals surface area contributed by atoms with Gasteiger partial charge in [-0.05, 0) is 43.1 Å². The van der Waals surface area contributed by atoms with E-state index in [4.69, 9.17) is 4.74 Å². The molecule has 0 aliphatic heterocycles. The summed E-state index contributed by atoms with van der Waals surface area (Å²) in [6.45, 7) is 3.16. The molecule has 0 aliphatic carbocycles.